The van der Waals surface area contributed by atoms with Crippen molar-refractivity contribution in [2.75, 3.05) is 26.2 Å². The van der Waals surface area contributed by atoms with Crippen LogP contribution in [0.3, 0.4) is 0 Å². The van der Waals surface area contributed by atoms with Crippen molar-refractivity contribution < 1.29 is 9.59 Å². The highest BCUT2D eigenvalue weighted by Gasteiger charge is 2.29. The van der Waals surface area contributed by atoms with Crippen LogP contribution in [-0.4, -0.2) is 57.3 Å². The largest absolute Gasteiger partial charge is 0.339 e. The van der Waals surface area contributed by atoms with Gasteiger partial charge >= 0.3 is 0 Å². The van der Waals surface area contributed by atoms with Crippen molar-refractivity contribution in [2.45, 2.75) is 31.7 Å². The molecule has 0 radical (unpaired) electrons. The molecular weight excluding hydrogens is 475 g/mol. The van der Waals surface area contributed by atoms with Crippen molar-refractivity contribution in [3.05, 3.63) is 74.3 Å². The van der Waals surface area contributed by atoms with Crippen LogP contribution >= 0.6 is 23.2 Å². The summed E-state index contributed by atoms with van der Waals surface area (Å²) in [6.07, 6.45) is 2.62. The van der Waals surface area contributed by atoms with Crippen LogP contribution in [0.1, 0.15) is 41.5 Å². The minimum atomic E-state index is -0.148. The minimum Gasteiger partial charge on any atom is -0.339 e. The van der Waals surface area contributed by atoms with Gasteiger partial charge in [-0.05, 0) is 43.2 Å². The van der Waals surface area contributed by atoms with Gasteiger partial charge in [-0.2, -0.15) is 0 Å². The van der Waals surface area contributed by atoms with Crippen LogP contribution in [0.25, 0.3) is 10.9 Å². The fourth-order valence-corrected chi connectivity index (χ4v) is 5.00. The van der Waals surface area contributed by atoms with Gasteiger partial charge in [0.05, 0.1) is 10.9 Å². The Kier molecular flexibility index (Phi) is 6.32. The third-order valence-electron chi connectivity index (χ3n) is 6.38. The number of hydrogen-bond acceptors (Lipinski definition) is 4. The molecule has 2 aliphatic rings. The number of halogens is 2. The number of amides is 2. The van der Waals surface area contributed by atoms with E-state index in [0.717, 1.165) is 12.8 Å². The third kappa shape index (κ3) is 4.68. The molecule has 1 saturated heterocycles. The van der Waals surface area contributed by atoms with E-state index in [2.05, 4.69) is 0 Å². The van der Waals surface area contributed by atoms with Gasteiger partial charge in [-0.25, -0.2) is 4.98 Å². The second-order valence-corrected chi connectivity index (χ2v) is 9.66. The zero-order valence-electron chi connectivity index (χ0n) is 18.5. The van der Waals surface area contributed by atoms with Gasteiger partial charge in [0.15, 0.2) is 0 Å². The molecule has 1 aromatic heterocycles. The Morgan fingerprint density at radius 3 is 2.26 bits per heavy atom. The van der Waals surface area contributed by atoms with E-state index in [4.69, 9.17) is 28.2 Å². The lowest BCUT2D eigenvalue weighted by atomic mass is 10.1. The lowest BCUT2D eigenvalue weighted by Gasteiger charge is -2.35. The van der Waals surface area contributed by atoms with E-state index < -0.39 is 0 Å². The van der Waals surface area contributed by atoms with Crippen LogP contribution in [-0.2, 0) is 11.2 Å². The summed E-state index contributed by atoms with van der Waals surface area (Å²) in [5.41, 5.74) is 1.08. The van der Waals surface area contributed by atoms with Gasteiger partial charge in [0.25, 0.3) is 11.5 Å². The van der Waals surface area contributed by atoms with Crippen LogP contribution in [0.2, 0.25) is 10.0 Å². The van der Waals surface area contributed by atoms with Crippen molar-refractivity contribution in [1.82, 2.24) is 19.4 Å². The topological polar surface area (TPSA) is 75.5 Å². The molecule has 2 heterocycles. The molecule has 7 nitrogen and oxygen atoms in total. The highest BCUT2D eigenvalue weighted by atomic mass is 35.5. The second-order valence-electron chi connectivity index (χ2n) is 8.78. The Hall–Kier alpha value is -2.90. The Balaban J connectivity index is 1.23. The average Bonchev–Trinajstić information content (AvgIpc) is 3.67. The van der Waals surface area contributed by atoms with Crippen molar-refractivity contribution in [3.63, 3.8) is 0 Å². The number of para-hydroxylation sites is 1. The molecule has 5 rings (SSSR count). The molecule has 176 valence electrons. The van der Waals surface area contributed by atoms with Crippen LogP contribution in [0, 0.1) is 0 Å². The first-order chi connectivity index (χ1) is 16.4. The quantitative estimate of drug-likeness (QED) is 0.533. The SMILES string of the molecule is O=C(CCc1nc2ccccc2c(=O)n1C1CC1)N1CCN(C(=O)c2cc(Cl)cc(Cl)c2)CC1. The Bertz CT molecular complexity index is 1310. The van der Waals surface area contributed by atoms with Gasteiger partial charge < -0.3 is 9.80 Å². The lowest BCUT2D eigenvalue weighted by molar-refractivity contribution is -0.132. The molecule has 0 N–H and O–H groups in total. The minimum absolute atomic E-state index is 0.00246. The van der Waals surface area contributed by atoms with Crippen LogP contribution in [0.4, 0.5) is 0 Å². The first kappa shape index (κ1) is 22.9. The number of nitrogens with zero attached hydrogens (tertiary/aromatic N) is 4. The zero-order valence-corrected chi connectivity index (χ0v) is 20.1. The van der Waals surface area contributed by atoms with Crippen LogP contribution < -0.4 is 5.56 Å². The molecule has 2 fully saturated rings. The van der Waals surface area contributed by atoms with E-state index in [1.165, 1.54) is 0 Å². The van der Waals surface area contributed by atoms with E-state index in [9.17, 15) is 14.4 Å². The van der Waals surface area contributed by atoms with E-state index in [0.29, 0.717) is 64.9 Å². The third-order valence-corrected chi connectivity index (χ3v) is 6.82. The molecule has 0 spiro atoms. The molecule has 0 atom stereocenters. The molecule has 1 aliphatic carbocycles. The Morgan fingerprint density at radius 1 is 0.941 bits per heavy atom. The monoisotopic (exact) mass is 498 g/mol. The molecule has 1 aliphatic heterocycles. The summed E-state index contributed by atoms with van der Waals surface area (Å²) < 4.78 is 1.78. The van der Waals surface area contributed by atoms with E-state index >= 15 is 0 Å². The highest BCUT2D eigenvalue weighted by molar-refractivity contribution is 6.35. The van der Waals surface area contributed by atoms with Crippen LogP contribution in [0.15, 0.2) is 47.3 Å². The maximum absolute atomic E-state index is 13.0. The van der Waals surface area contributed by atoms with E-state index in [1.54, 1.807) is 38.6 Å². The van der Waals surface area contributed by atoms with Crippen molar-refractivity contribution in [3.8, 4) is 0 Å². The molecule has 0 bridgehead atoms. The summed E-state index contributed by atoms with van der Waals surface area (Å²) in [4.78, 5) is 46.9. The van der Waals surface area contributed by atoms with Gasteiger partial charge in [0.1, 0.15) is 5.82 Å². The number of benzene rings is 2. The number of fused-ring (bicyclic) bond motifs is 1. The summed E-state index contributed by atoms with van der Waals surface area (Å²) in [7, 11) is 0. The highest BCUT2D eigenvalue weighted by Crippen LogP contribution is 2.35. The fraction of sp³-hybridized carbons (Fsp3) is 0.360. The average molecular weight is 499 g/mol. The molecular formula is C25H24Cl2N4O3. The number of piperazine rings is 1. The first-order valence-electron chi connectivity index (χ1n) is 11.4. The van der Waals surface area contributed by atoms with Crippen LogP contribution in [0.5, 0.6) is 0 Å². The smallest absolute Gasteiger partial charge is 0.261 e. The summed E-state index contributed by atoms with van der Waals surface area (Å²) >= 11 is 12.1. The van der Waals surface area contributed by atoms with Gasteiger partial charge in [0.2, 0.25) is 5.91 Å². The van der Waals surface area contributed by atoms with Crippen molar-refractivity contribution >= 4 is 45.9 Å². The fourth-order valence-electron chi connectivity index (χ4n) is 4.47. The Morgan fingerprint density at radius 2 is 1.59 bits per heavy atom. The number of rotatable bonds is 5. The van der Waals surface area contributed by atoms with Crippen molar-refractivity contribution in [1.29, 1.82) is 0 Å². The zero-order chi connectivity index (χ0) is 23.8. The number of hydrogen-bond donors (Lipinski definition) is 0. The summed E-state index contributed by atoms with van der Waals surface area (Å²) in [6.45, 7) is 1.80. The maximum atomic E-state index is 13.0. The number of aryl methyl sites for hydroxylation is 1. The molecule has 3 aromatic rings. The standard InChI is InChI=1S/C25H24Cl2N4O3/c26-17-13-16(14-18(27)15-17)24(33)30-11-9-29(10-12-30)23(32)8-7-22-28-21-4-2-1-3-20(21)25(34)31(22)19-5-6-19/h1-4,13-15,19H,5-12H2. The molecule has 9 heteroatoms. The predicted molar refractivity (Wildman–Crippen MR) is 132 cm³/mol. The van der Waals surface area contributed by atoms with Gasteiger partial charge in [-0.1, -0.05) is 35.3 Å². The maximum Gasteiger partial charge on any atom is 0.261 e. The summed E-state index contributed by atoms with van der Waals surface area (Å²) in [5, 5.41) is 1.44. The summed E-state index contributed by atoms with van der Waals surface area (Å²) in [6, 6.07) is 12.3. The first-order valence-corrected chi connectivity index (χ1v) is 12.2. The predicted octanol–water partition coefficient (Wildman–Crippen LogP) is 3.96. The number of carbonyl (C=O) groups excluding carboxylic acids is 2. The van der Waals surface area contributed by atoms with E-state index in [1.807, 2.05) is 18.2 Å². The van der Waals surface area contributed by atoms with Gasteiger partial charge in [0, 0.05) is 60.7 Å². The second kappa shape index (κ2) is 9.39. The van der Waals surface area contributed by atoms with Crippen molar-refractivity contribution in [2.24, 2.45) is 0 Å². The Labute approximate surface area is 206 Å². The molecule has 34 heavy (non-hydrogen) atoms. The number of carbonyl (C=O) groups is 2. The number of aromatic nitrogens is 2. The van der Waals surface area contributed by atoms with E-state index in [-0.39, 0.29) is 29.8 Å². The summed E-state index contributed by atoms with van der Waals surface area (Å²) in [5.74, 6) is 0.527. The van der Waals surface area contributed by atoms with Gasteiger partial charge in [-0.15, -0.1) is 0 Å². The molecule has 1 saturated carbocycles. The molecule has 0 unspecified atom stereocenters. The normalized spacial score (nSPS) is 16.2. The molecule has 2 amide bonds. The van der Waals surface area contributed by atoms with Gasteiger partial charge in [-0.3, -0.25) is 19.0 Å². The lowest BCUT2D eigenvalue weighted by Crippen LogP contribution is -2.50. The molecule has 2 aromatic carbocycles.